The van der Waals surface area contributed by atoms with E-state index in [4.69, 9.17) is 16.7 Å². The molecule has 0 aliphatic carbocycles. The molecule has 0 aliphatic heterocycles. The molecule has 25 heavy (non-hydrogen) atoms. The summed E-state index contributed by atoms with van der Waals surface area (Å²) < 4.78 is 0. The average molecular weight is 357 g/mol. The van der Waals surface area contributed by atoms with E-state index < -0.39 is 18.4 Å². The summed E-state index contributed by atoms with van der Waals surface area (Å²) in [4.78, 5) is 30.6. The summed E-state index contributed by atoms with van der Waals surface area (Å²) in [6.07, 6.45) is 0. The molecular formula is C17H13ClN4O3. The van der Waals surface area contributed by atoms with Crippen LogP contribution in [0.4, 0.5) is 11.5 Å². The van der Waals surface area contributed by atoms with E-state index >= 15 is 0 Å². The minimum Gasteiger partial charge on any atom is -0.480 e. The fourth-order valence-corrected chi connectivity index (χ4v) is 2.42. The Morgan fingerprint density at radius 1 is 1.04 bits per heavy atom. The molecule has 3 rings (SSSR count). The Hall–Kier alpha value is -3.19. The van der Waals surface area contributed by atoms with Gasteiger partial charge in [-0.05, 0) is 48.0 Å². The molecule has 1 aromatic heterocycles. The molecule has 7 nitrogen and oxygen atoms in total. The first kappa shape index (κ1) is 16.7. The third kappa shape index (κ3) is 4.02. The lowest BCUT2D eigenvalue weighted by Gasteiger charge is -2.10. The number of hydrogen-bond acceptors (Lipinski definition) is 5. The Kier molecular flexibility index (Phi) is 4.76. The molecule has 2 aromatic carbocycles. The monoisotopic (exact) mass is 356 g/mol. The van der Waals surface area contributed by atoms with Gasteiger partial charge in [0.1, 0.15) is 12.4 Å². The van der Waals surface area contributed by atoms with Crippen molar-refractivity contribution in [3.05, 3.63) is 59.4 Å². The first-order chi connectivity index (χ1) is 12.0. The zero-order chi connectivity index (χ0) is 17.8. The van der Waals surface area contributed by atoms with Crippen LogP contribution in [0.1, 0.15) is 10.4 Å². The molecule has 0 fully saturated rings. The van der Waals surface area contributed by atoms with Crippen molar-refractivity contribution in [1.82, 2.24) is 15.3 Å². The highest BCUT2D eigenvalue weighted by molar-refractivity contribution is 6.28. The lowest BCUT2D eigenvalue weighted by Crippen LogP contribution is -2.29. The fraction of sp³-hybridized carbons (Fsp3) is 0.0588. The Balaban J connectivity index is 1.80. The number of carboxylic acids is 1. The van der Waals surface area contributed by atoms with Crippen molar-refractivity contribution < 1.29 is 14.7 Å². The lowest BCUT2D eigenvalue weighted by molar-refractivity contribution is -0.135. The Morgan fingerprint density at radius 2 is 1.76 bits per heavy atom. The van der Waals surface area contributed by atoms with Crippen molar-refractivity contribution in [2.45, 2.75) is 0 Å². The maximum absolute atomic E-state index is 11.8. The molecule has 1 amide bonds. The Morgan fingerprint density at radius 3 is 2.48 bits per heavy atom. The Bertz CT molecular complexity index is 944. The number of nitrogens with one attached hydrogen (secondary N) is 2. The van der Waals surface area contributed by atoms with Crippen molar-refractivity contribution in [3.8, 4) is 0 Å². The highest BCUT2D eigenvalue weighted by atomic mass is 35.5. The molecule has 0 spiro atoms. The number of anilines is 2. The van der Waals surface area contributed by atoms with Crippen LogP contribution in [0.5, 0.6) is 0 Å². The van der Waals surface area contributed by atoms with Gasteiger partial charge in [-0.15, -0.1) is 0 Å². The van der Waals surface area contributed by atoms with Gasteiger partial charge in [0, 0.05) is 16.6 Å². The number of carbonyl (C=O) groups excluding carboxylic acids is 1. The van der Waals surface area contributed by atoms with Crippen LogP contribution in [0, 0.1) is 0 Å². The number of halogens is 1. The second-order valence-corrected chi connectivity index (χ2v) is 5.48. The zero-order valence-corrected chi connectivity index (χ0v) is 13.6. The molecule has 0 saturated heterocycles. The van der Waals surface area contributed by atoms with Crippen LogP contribution in [0.25, 0.3) is 10.9 Å². The van der Waals surface area contributed by atoms with Crippen LogP contribution in [-0.2, 0) is 4.79 Å². The van der Waals surface area contributed by atoms with Gasteiger partial charge >= 0.3 is 5.97 Å². The first-order valence-corrected chi connectivity index (χ1v) is 7.70. The number of benzene rings is 2. The van der Waals surface area contributed by atoms with E-state index in [1.54, 1.807) is 24.3 Å². The third-order valence-corrected chi connectivity index (χ3v) is 3.55. The number of aromatic nitrogens is 2. The largest absolute Gasteiger partial charge is 0.480 e. The number of fused-ring (bicyclic) bond motifs is 1. The summed E-state index contributed by atoms with van der Waals surface area (Å²) in [7, 11) is 0. The van der Waals surface area contributed by atoms with Gasteiger partial charge in [-0.25, -0.2) is 4.98 Å². The van der Waals surface area contributed by atoms with Gasteiger partial charge in [0.25, 0.3) is 5.91 Å². The van der Waals surface area contributed by atoms with Crippen LogP contribution in [0.3, 0.4) is 0 Å². The van der Waals surface area contributed by atoms with Gasteiger partial charge < -0.3 is 15.7 Å². The topological polar surface area (TPSA) is 104 Å². The second-order valence-electron chi connectivity index (χ2n) is 5.14. The molecule has 0 radical (unpaired) electrons. The summed E-state index contributed by atoms with van der Waals surface area (Å²) in [5.74, 6) is -0.998. The van der Waals surface area contributed by atoms with E-state index in [0.29, 0.717) is 17.1 Å². The van der Waals surface area contributed by atoms with E-state index in [-0.39, 0.29) is 5.28 Å². The van der Waals surface area contributed by atoms with E-state index in [1.807, 2.05) is 24.3 Å². The van der Waals surface area contributed by atoms with Crippen LogP contribution in [0.2, 0.25) is 5.28 Å². The normalized spacial score (nSPS) is 10.4. The van der Waals surface area contributed by atoms with Gasteiger partial charge in [0.05, 0.1) is 5.52 Å². The smallest absolute Gasteiger partial charge is 0.322 e. The van der Waals surface area contributed by atoms with Crippen molar-refractivity contribution in [2.75, 3.05) is 11.9 Å². The number of para-hydroxylation sites is 1. The number of carboxylic acid groups (broad SMARTS) is 1. The molecule has 0 atom stereocenters. The predicted octanol–water partition coefficient (Wildman–Crippen LogP) is 2.84. The van der Waals surface area contributed by atoms with E-state index in [9.17, 15) is 9.59 Å². The summed E-state index contributed by atoms with van der Waals surface area (Å²) >= 11 is 5.95. The van der Waals surface area contributed by atoms with Gasteiger partial charge in [-0.2, -0.15) is 4.98 Å². The van der Waals surface area contributed by atoms with Gasteiger partial charge in [-0.3, -0.25) is 9.59 Å². The molecular weight excluding hydrogens is 344 g/mol. The lowest BCUT2D eigenvalue weighted by atomic mass is 10.2. The maximum atomic E-state index is 11.8. The molecule has 0 bridgehead atoms. The third-order valence-electron chi connectivity index (χ3n) is 3.39. The maximum Gasteiger partial charge on any atom is 0.322 e. The van der Waals surface area contributed by atoms with Crippen LogP contribution >= 0.6 is 11.6 Å². The molecule has 0 saturated carbocycles. The van der Waals surface area contributed by atoms with Crippen LogP contribution < -0.4 is 10.6 Å². The molecule has 8 heteroatoms. The summed E-state index contributed by atoms with van der Waals surface area (Å²) in [6, 6.07) is 14.0. The van der Waals surface area contributed by atoms with Crippen LogP contribution in [0.15, 0.2) is 48.5 Å². The zero-order valence-electron chi connectivity index (χ0n) is 12.9. The number of rotatable bonds is 5. The number of carbonyl (C=O) groups is 2. The number of aliphatic carboxylic acids is 1. The minimum atomic E-state index is -1.10. The predicted molar refractivity (Wildman–Crippen MR) is 94.2 cm³/mol. The number of nitrogens with zero attached hydrogens (tertiary/aromatic N) is 2. The molecule has 1 heterocycles. The number of hydrogen-bond donors (Lipinski definition) is 3. The fourth-order valence-electron chi connectivity index (χ4n) is 2.24. The van der Waals surface area contributed by atoms with Crippen molar-refractivity contribution in [1.29, 1.82) is 0 Å². The second kappa shape index (κ2) is 7.14. The highest BCUT2D eigenvalue weighted by Gasteiger charge is 2.09. The molecule has 0 unspecified atom stereocenters. The standard InChI is InChI=1S/C17H13ClN4O3/c18-17-21-13-4-2-1-3-12(13)15(22-17)20-11-7-5-10(6-8-11)16(25)19-9-14(23)24/h1-8H,9H2,(H,19,25)(H,23,24)(H,20,21,22). The van der Waals surface area contributed by atoms with E-state index in [2.05, 4.69) is 20.6 Å². The molecule has 126 valence electrons. The summed E-state index contributed by atoms with van der Waals surface area (Å²) in [5.41, 5.74) is 1.78. The summed E-state index contributed by atoms with van der Waals surface area (Å²) in [5, 5.41) is 15.0. The Labute approximate surface area is 147 Å². The van der Waals surface area contributed by atoms with E-state index in [1.165, 1.54) is 0 Å². The van der Waals surface area contributed by atoms with Gasteiger partial charge in [-0.1, -0.05) is 12.1 Å². The molecule has 3 N–H and O–H groups in total. The minimum absolute atomic E-state index is 0.130. The van der Waals surface area contributed by atoms with Crippen molar-refractivity contribution >= 4 is 45.9 Å². The molecule has 0 aliphatic rings. The SMILES string of the molecule is O=C(O)CNC(=O)c1ccc(Nc2nc(Cl)nc3ccccc23)cc1. The summed E-state index contributed by atoms with van der Waals surface area (Å²) in [6.45, 7) is -0.426. The van der Waals surface area contributed by atoms with Gasteiger partial charge in [0.2, 0.25) is 5.28 Å². The number of amides is 1. The van der Waals surface area contributed by atoms with Gasteiger partial charge in [0.15, 0.2) is 0 Å². The van der Waals surface area contributed by atoms with Crippen molar-refractivity contribution in [2.24, 2.45) is 0 Å². The van der Waals surface area contributed by atoms with Crippen molar-refractivity contribution in [3.63, 3.8) is 0 Å². The van der Waals surface area contributed by atoms with Crippen LogP contribution in [-0.4, -0.2) is 33.5 Å². The highest BCUT2D eigenvalue weighted by Crippen LogP contribution is 2.25. The van der Waals surface area contributed by atoms with E-state index in [0.717, 1.165) is 10.9 Å². The quantitative estimate of drug-likeness (QED) is 0.607. The molecule has 3 aromatic rings. The average Bonchev–Trinajstić information content (AvgIpc) is 2.60. The first-order valence-electron chi connectivity index (χ1n) is 7.32.